The first-order valence-corrected chi connectivity index (χ1v) is 10.2. The quantitative estimate of drug-likeness (QED) is 0.239. The smallest absolute Gasteiger partial charge is 0.359 e. The number of nitrogens with zero attached hydrogens (tertiary/aromatic N) is 2. The van der Waals surface area contributed by atoms with Crippen LogP contribution in [0.25, 0.3) is 27.4 Å². The van der Waals surface area contributed by atoms with Gasteiger partial charge in [-0.3, -0.25) is 4.79 Å². The number of carbonyl (C=O) groups excluding carboxylic acids is 1. The minimum atomic E-state index is -0.815. The number of rotatable bonds is 4. The van der Waals surface area contributed by atoms with E-state index in [1.165, 1.54) is 6.07 Å². The van der Waals surface area contributed by atoms with Crippen molar-refractivity contribution < 1.29 is 24.2 Å². The van der Waals surface area contributed by atoms with Crippen molar-refractivity contribution in [2.24, 2.45) is 0 Å². The van der Waals surface area contributed by atoms with Gasteiger partial charge in [0.05, 0.1) is 11.1 Å². The van der Waals surface area contributed by atoms with Crippen LogP contribution in [0, 0.1) is 0 Å². The van der Waals surface area contributed by atoms with Crippen LogP contribution in [-0.2, 0) is 11.3 Å². The van der Waals surface area contributed by atoms with E-state index in [0.29, 0.717) is 16.5 Å². The molecule has 0 aliphatic rings. The Bertz CT molecular complexity index is 1690. The van der Waals surface area contributed by atoms with Gasteiger partial charge in [-0.05, 0) is 24.3 Å². The third-order valence-electron chi connectivity index (χ3n) is 5.28. The number of fused-ring (bicyclic) bond motifs is 2. The molecule has 34 heavy (non-hydrogen) atoms. The van der Waals surface area contributed by atoms with E-state index in [0.717, 1.165) is 16.8 Å². The van der Waals surface area contributed by atoms with Crippen LogP contribution in [0.1, 0.15) is 16.1 Å². The van der Waals surface area contributed by atoms with Gasteiger partial charge in [-0.1, -0.05) is 36.4 Å². The molecule has 9 nitrogen and oxygen atoms in total. The lowest BCUT2D eigenvalue weighted by atomic mass is 10.1. The monoisotopic (exact) mass is 456 g/mol. The minimum absolute atomic E-state index is 0.0232. The third kappa shape index (κ3) is 3.65. The molecule has 2 N–H and O–H groups in total. The predicted molar refractivity (Wildman–Crippen MR) is 122 cm³/mol. The number of aromatic nitrogens is 2. The van der Waals surface area contributed by atoms with Crippen molar-refractivity contribution in [3.05, 3.63) is 105 Å². The summed E-state index contributed by atoms with van der Waals surface area (Å²) in [4.78, 5) is 38.0. The Kier molecular flexibility index (Phi) is 5.06. The molecule has 2 heterocycles. The summed E-state index contributed by atoms with van der Waals surface area (Å²) in [7, 11) is 0. The number of phenols is 2. The number of benzene rings is 3. The van der Waals surface area contributed by atoms with E-state index in [4.69, 9.17) is 9.15 Å². The van der Waals surface area contributed by atoms with Gasteiger partial charge in [0.2, 0.25) is 0 Å². The minimum Gasteiger partial charge on any atom is -0.504 e. The number of para-hydroxylation sites is 1. The first-order chi connectivity index (χ1) is 16.4. The van der Waals surface area contributed by atoms with Crippen molar-refractivity contribution in [1.29, 1.82) is 0 Å². The van der Waals surface area contributed by atoms with E-state index in [1.807, 2.05) is 0 Å². The molecule has 0 radical (unpaired) electrons. The molecular weight excluding hydrogens is 440 g/mol. The standard InChI is InChI=1S/C25H16N2O7/c28-19-11-18-14(10-22(30)34-21(18)12-20(19)29)13-33-25(32)23-16-8-4-5-9-17(16)24(31)27(26-23)15-6-2-1-3-7-15/h1-12,28-29H,13H2. The van der Waals surface area contributed by atoms with Gasteiger partial charge in [0.1, 0.15) is 12.2 Å². The molecule has 0 fully saturated rings. The SMILES string of the molecule is O=C(OCc1cc(=O)oc2cc(O)c(O)cc12)c1nn(-c2ccccc2)c(=O)c2ccccc12. The number of carbonyl (C=O) groups is 1. The van der Waals surface area contributed by atoms with Gasteiger partial charge in [0.15, 0.2) is 17.2 Å². The fraction of sp³-hybridized carbons (Fsp3) is 0.0400. The molecule has 5 rings (SSSR count). The van der Waals surface area contributed by atoms with Gasteiger partial charge in [-0.15, -0.1) is 0 Å². The zero-order valence-electron chi connectivity index (χ0n) is 17.5. The fourth-order valence-corrected chi connectivity index (χ4v) is 3.67. The molecule has 3 aromatic carbocycles. The molecule has 0 spiro atoms. The van der Waals surface area contributed by atoms with Crippen molar-refractivity contribution in [3.8, 4) is 17.2 Å². The highest BCUT2D eigenvalue weighted by atomic mass is 16.5. The van der Waals surface area contributed by atoms with Gasteiger partial charge in [0.25, 0.3) is 5.56 Å². The van der Waals surface area contributed by atoms with Gasteiger partial charge < -0.3 is 19.4 Å². The summed E-state index contributed by atoms with van der Waals surface area (Å²) in [6.07, 6.45) is 0. The average Bonchev–Trinajstić information content (AvgIpc) is 2.84. The molecule has 0 aliphatic carbocycles. The topological polar surface area (TPSA) is 132 Å². The molecule has 0 unspecified atom stereocenters. The van der Waals surface area contributed by atoms with Gasteiger partial charge in [-0.2, -0.15) is 9.78 Å². The average molecular weight is 456 g/mol. The van der Waals surface area contributed by atoms with Crippen LogP contribution < -0.4 is 11.2 Å². The second-order valence-corrected chi connectivity index (χ2v) is 7.45. The van der Waals surface area contributed by atoms with Gasteiger partial charge >= 0.3 is 11.6 Å². The van der Waals surface area contributed by atoms with Crippen LogP contribution in [0.5, 0.6) is 11.5 Å². The lowest BCUT2D eigenvalue weighted by Crippen LogP contribution is -2.25. The first kappa shape index (κ1) is 21.0. The Balaban J connectivity index is 1.57. The molecule has 0 atom stereocenters. The number of hydrogen-bond donors (Lipinski definition) is 2. The largest absolute Gasteiger partial charge is 0.504 e. The Labute approximate surface area is 190 Å². The third-order valence-corrected chi connectivity index (χ3v) is 5.28. The highest BCUT2D eigenvalue weighted by Crippen LogP contribution is 2.31. The van der Waals surface area contributed by atoms with Gasteiger partial charge in [-0.25, -0.2) is 9.59 Å². The Morgan fingerprint density at radius 1 is 0.882 bits per heavy atom. The van der Waals surface area contributed by atoms with Gasteiger partial charge in [0, 0.05) is 28.5 Å². The molecule has 0 bridgehead atoms. The summed E-state index contributed by atoms with van der Waals surface area (Å²) in [5.41, 5.74) is -0.420. The second-order valence-electron chi connectivity index (χ2n) is 7.45. The molecule has 5 aromatic rings. The molecule has 0 amide bonds. The summed E-state index contributed by atoms with van der Waals surface area (Å²) in [5.74, 6) is -1.69. The molecule has 0 saturated carbocycles. The fourth-order valence-electron chi connectivity index (χ4n) is 3.67. The van der Waals surface area contributed by atoms with E-state index in [-0.39, 0.29) is 34.4 Å². The Morgan fingerprint density at radius 2 is 1.56 bits per heavy atom. The van der Waals surface area contributed by atoms with E-state index in [2.05, 4.69) is 5.10 Å². The number of hydrogen-bond acceptors (Lipinski definition) is 8. The first-order valence-electron chi connectivity index (χ1n) is 10.2. The molecule has 0 aliphatic heterocycles. The lowest BCUT2D eigenvalue weighted by molar-refractivity contribution is 0.0467. The van der Waals surface area contributed by atoms with Crippen LogP contribution in [0.4, 0.5) is 0 Å². The molecule has 0 saturated heterocycles. The van der Waals surface area contributed by atoms with E-state index in [9.17, 15) is 24.6 Å². The molecule has 2 aromatic heterocycles. The van der Waals surface area contributed by atoms with Crippen molar-refractivity contribution in [2.75, 3.05) is 0 Å². The van der Waals surface area contributed by atoms with Crippen LogP contribution in [0.15, 0.2) is 86.8 Å². The number of aromatic hydroxyl groups is 2. The maximum absolute atomic E-state index is 13.1. The van der Waals surface area contributed by atoms with E-state index in [1.54, 1.807) is 54.6 Å². The summed E-state index contributed by atoms with van der Waals surface area (Å²) < 4.78 is 11.6. The Hall–Kier alpha value is -4.92. The zero-order valence-corrected chi connectivity index (χ0v) is 17.5. The number of esters is 1. The number of ether oxygens (including phenoxy) is 1. The highest BCUT2D eigenvalue weighted by molar-refractivity contribution is 6.02. The molecule has 9 heteroatoms. The lowest BCUT2D eigenvalue weighted by Gasteiger charge is -2.11. The summed E-state index contributed by atoms with van der Waals surface area (Å²) in [6, 6.07) is 18.7. The van der Waals surface area contributed by atoms with Crippen molar-refractivity contribution in [2.45, 2.75) is 6.61 Å². The van der Waals surface area contributed by atoms with E-state index >= 15 is 0 Å². The van der Waals surface area contributed by atoms with Crippen LogP contribution in [0.3, 0.4) is 0 Å². The van der Waals surface area contributed by atoms with E-state index < -0.39 is 23.1 Å². The summed E-state index contributed by atoms with van der Waals surface area (Å²) >= 11 is 0. The summed E-state index contributed by atoms with van der Waals surface area (Å²) in [6.45, 7) is -0.342. The van der Waals surface area contributed by atoms with Crippen LogP contribution in [-0.4, -0.2) is 26.0 Å². The van der Waals surface area contributed by atoms with Crippen LogP contribution in [0.2, 0.25) is 0 Å². The molecular formula is C25H16N2O7. The normalized spacial score (nSPS) is 11.1. The molecule has 168 valence electrons. The maximum Gasteiger partial charge on any atom is 0.359 e. The zero-order chi connectivity index (χ0) is 23.8. The van der Waals surface area contributed by atoms with Crippen molar-refractivity contribution in [1.82, 2.24) is 9.78 Å². The predicted octanol–water partition coefficient (Wildman–Crippen LogP) is 3.26. The van der Waals surface area contributed by atoms with Crippen molar-refractivity contribution in [3.63, 3.8) is 0 Å². The number of phenolic OH excluding ortho intramolecular Hbond substituents is 2. The maximum atomic E-state index is 13.1. The highest BCUT2D eigenvalue weighted by Gasteiger charge is 2.20. The summed E-state index contributed by atoms with van der Waals surface area (Å²) in [5, 5.41) is 24.7. The second kappa shape index (κ2) is 8.21. The Morgan fingerprint density at radius 3 is 2.32 bits per heavy atom. The van der Waals surface area contributed by atoms with Crippen molar-refractivity contribution >= 4 is 27.7 Å². The van der Waals surface area contributed by atoms with Crippen LogP contribution >= 0.6 is 0 Å².